The molecule has 2 heteroatoms. The van der Waals surface area contributed by atoms with Gasteiger partial charge in [-0.1, -0.05) is 89.7 Å². The Morgan fingerprint density at radius 2 is 1.26 bits per heavy atom. The van der Waals surface area contributed by atoms with Crippen molar-refractivity contribution in [1.29, 1.82) is 0 Å². The van der Waals surface area contributed by atoms with Crippen molar-refractivity contribution in [2.75, 3.05) is 5.73 Å². The summed E-state index contributed by atoms with van der Waals surface area (Å²) in [4.78, 5) is 12.1. The van der Waals surface area contributed by atoms with Gasteiger partial charge in [-0.3, -0.25) is 4.79 Å². The van der Waals surface area contributed by atoms with Crippen molar-refractivity contribution in [1.82, 2.24) is 0 Å². The van der Waals surface area contributed by atoms with Gasteiger partial charge in [0.15, 0.2) is 5.78 Å². The number of para-hydroxylation sites is 1. The first kappa shape index (κ1) is 19.7. The number of carbonyl (C=O) groups is 1. The van der Waals surface area contributed by atoms with Crippen LogP contribution in [0.2, 0.25) is 0 Å². The number of hydrogen-bond acceptors (Lipinski definition) is 2. The van der Waals surface area contributed by atoms with Crippen molar-refractivity contribution in [2.24, 2.45) is 0 Å². The van der Waals surface area contributed by atoms with Gasteiger partial charge in [-0.15, -0.1) is 0 Å². The summed E-state index contributed by atoms with van der Waals surface area (Å²) in [6.07, 6.45) is 16.5. The Hall–Kier alpha value is -1.31. The van der Waals surface area contributed by atoms with E-state index < -0.39 is 0 Å². The van der Waals surface area contributed by atoms with Crippen LogP contribution in [0.1, 0.15) is 101 Å². The van der Waals surface area contributed by atoms with Gasteiger partial charge in [0.25, 0.3) is 0 Å². The molecule has 0 fully saturated rings. The number of nitrogen functional groups attached to an aromatic ring is 1. The summed E-state index contributed by atoms with van der Waals surface area (Å²) in [5.74, 6) is 0.190. The second-order valence-electron chi connectivity index (χ2n) is 6.65. The highest BCUT2D eigenvalue weighted by Crippen LogP contribution is 2.16. The molecule has 2 N–H and O–H groups in total. The highest BCUT2D eigenvalue weighted by Gasteiger charge is 2.08. The zero-order chi connectivity index (χ0) is 16.8. The molecule has 0 aliphatic heterocycles. The van der Waals surface area contributed by atoms with Gasteiger partial charge in [0.2, 0.25) is 0 Å². The second kappa shape index (κ2) is 13.2. The molecule has 1 aromatic carbocycles. The molecule has 23 heavy (non-hydrogen) atoms. The number of rotatable bonds is 14. The second-order valence-corrected chi connectivity index (χ2v) is 6.65. The first-order chi connectivity index (χ1) is 11.3. The van der Waals surface area contributed by atoms with Crippen molar-refractivity contribution < 1.29 is 4.79 Å². The van der Waals surface area contributed by atoms with Gasteiger partial charge in [0.05, 0.1) is 0 Å². The lowest BCUT2D eigenvalue weighted by atomic mass is 10.0. The van der Waals surface area contributed by atoms with E-state index in [9.17, 15) is 4.79 Å². The van der Waals surface area contributed by atoms with Crippen LogP contribution in [0, 0.1) is 0 Å². The number of benzene rings is 1. The molecule has 0 saturated carbocycles. The highest BCUT2D eigenvalue weighted by atomic mass is 16.1. The molecule has 0 aliphatic rings. The zero-order valence-corrected chi connectivity index (χ0v) is 15.0. The number of anilines is 1. The minimum atomic E-state index is 0.190. The Morgan fingerprint density at radius 3 is 1.78 bits per heavy atom. The van der Waals surface area contributed by atoms with E-state index in [1.54, 1.807) is 6.07 Å². The van der Waals surface area contributed by atoms with E-state index in [1.165, 1.54) is 64.2 Å². The van der Waals surface area contributed by atoms with E-state index in [0.717, 1.165) is 12.8 Å². The summed E-state index contributed by atoms with van der Waals surface area (Å²) in [6.45, 7) is 2.27. The zero-order valence-electron chi connectivity index (χ0n) is 15.0. The molecule has 0 radical (unpaired) electrons. The minimum Gasteiger partial charge on any atom is -0.398 e. The summed E-state index contributed by atoms with van der Waals surface area (Å²) in [5.41, 5.74) is 7.14. The fraction of sp³-hybridized carbons (Fsp3) is 0.667. The van der Waals surface area contributed by atoms with Crippen LogP contribution in [-0.2, 0) is 0 Å². The highest BCUT2D eigenvalue weighted by molar-refractivity contribution is 6.00. The smallest absolute Gasteiger partial charge is 0.164 e. The molecule has 0 amide bonds. The SMILES string of the molecule is CCCCCCCCCCCCCCC(=O)c1ccccc1N. The molecule has 0 aliphatic carbocycles. The number of hydrogen-bond donors (Lipinski definition) is 1. The first-order valence-electron chi connectivity index (χ1n) is 9.63. The van der Waals surface area contributed by atoms with Gasteiger partial charge < -0.3 is 5.73 Å². The molecule has 130 valence electrons. The van der Waals surface area contributed by atoms with E-state index in [1.807, 2.05) is 18.2 Å². The summed E-state index contributed by atoms with van der Waals surface area (Å²) >= 11 is 0. The molecular formula is C21H35NO. The van der Waals surface area contributed by atoms with Crippen molar-refractivity contribution in [3.05, 3.63) is 29.8 Å². The molecule has 1 rings (SSSR count). The van der Waals surface area contributed by atoms with Crippen LogP contribution >= 0.6 is 0 Å². The molecule has 0 saturated heterocycles. The normalized spacial score (nSPS) is 10.8. The average Bonchev–Trinajstić information content (AvgIpc) is 2.56. The Bertz CT molecular complexity index is 428. The third kappa shape index (κ3) is 9.43. The maximum Gasteiger partial charge on any atom is 0.164 e. The lowest BCUT2D eigenvalue weighted by Crippen LogP contribution is -2.03. The summed E-state index contributed by atoms with van der Waals surface area (Å²) in [7, 11) is 0. The molecule has 1 aromatic rings. The molecule has 0 spiro atoms. The summed E-state index contributed by atoms with van der Waals surface area (Å²) < 4.78 is 0. The Kier molecular flexibility index (Phi) is 11.3. The predicted octanol–water partition coefficient (Wildman–Crippen LogP) is 6.54. The van der Waals surface area contributed by atoms with E-state index in [0.29, 0.717) is 17.7 Å². The van der Waals surface area contributed by atoms with E-state index in [4.69, 9.17) is 5.73 Å². The molecule has 0 unspecified atom stereocenters. The first-order valence-corrected chi connectivity index (χ1v) is 9.63. The lowest BCUT2D eigenvalue weighted by Gasteiger charge is -2.05. The standard InChI is InChI=1S/C21H35NO/c1-2-3-4-5-6-7-8-9-10-11-12-13-18-21(23)19-16-14-15-17-20(19)22/h14-17H,2-13,18,22H2,1H3. The Labute approximate surface area is 142 Å². The van der Waals surface area contributed by atoms with Crippen LogP contribution < -0.4 is 5.73 Å². The molecule has 2 nitrogen and oxygen atoms in total. The van der Waals surface area contributed by atoms with E-state index >= 15 is 0 Å². The van der Waals surface area contributed by atoms with Gasteiger partial charge in [0.1, 0.15) is 0 Å². The van der Waals surface area contributed by atoms with E-state index in [-0.39, 0.29) is 5.78 Å². The summed E-state index contributed by atoms with van der Waals surface area (Å²) in [6, 6.07) is 7.38. The van der Waals surface area contributed by atoms with Crippen molar-refractivity contribution in [3.8, 4) is 0 Å². The topological polar surface area (TPSA) is 43.1 Å². The molecule has 0 atom stereocenters. The fourth-order valence-electron chi connectivity index (χ4n) is 3.01. The third-order valence-electron chi connectivity index (χ3n) is 4.52. The number of ketones is 1. The average molecular weight is 318 g/mol. The van der Waals surface area contributed by atoms with Gasteiger partial charge in [0, 0.05) is 17.7 Å². The van der Waals surface area contributed by atoms with Crippen molar-refractivity contribution in [2.45, 2.75) is 90.4 Å². The van der Waals surface area contributed by atoms with Crippen LogP contribution in [0.5, 0.6) is 0 Å². The van der Waals surface area contributed by atoms with Gasteiger partial charge >= 0.3 is 0 Å². The molecule has 0 bridgehead atoms. The van der Waals surface area contributed by atoms with Crippen LogP contribution in [0.15, 0.2) is 24.3 Å². The summed E-state index contributed by atoms with van der Waals surface area (Å²) in [5, 5.41) is 0. The third-order valence-corrected chi connectivity index (χ3v) is 4.52. The van der Waals surface area contributed by atoms with Crippen LogP contribution in [0.3, 0.4) is 0 Å². The number of unbranched alkanes of at least 4 members (excludes halogenated alkanes) is 11. The maximum atomic E-state index is 12.1. The minimum absolute atomic E-state index is 0.190. The van der Waals surface area contributed by atoms with Crippen LogP contribution in [0.25, 0.3) is 0 Å². The quantitative estimate of drug-likeness (QED) is 0.240. The molecular weight excluding hydrogens is 282 g/mol. The Morgan fingerprint density at radius 1 is 0.783 bits per heavy atom. The van der Waals surface area contributed by atoms with Crippen LogP contribution in [0.4, 0.5) is 5.69 Å². The number of carbonyl (C=O) groups excluding carboxylic acids is 1. The van der Waals surface area contributed by atoms with Crippen molar-refractivity contribution >= 4 is 11.5 Å². The van der Waals surface area contributed by atoms with Crippen molar-refractivity contribution in [3.63, 3.8) is 0 Å². The van der Waals surface area contributed by atoms with E-state index in [2.05, 4.69) is 6.92 Å². The number of nitrogens with two attached hydrogens (primary N) is 1. The van der Waals surface area contributed by atoms with Gasteiger partial charge in [-0.05, 0) is 18.6 Å². The van der Waals surface area contributed by atoms with Crippen LogP contribution in [-0.4, -0.2) is 5.78 Å². The maximum absolute atomic E-state index is 12.1. The molecule has 0 aromatic heterocycles. The Balaban J connectivity index is 1.92. The monoisotopic (exact) mass is 317 g/mol. The fourth-order valence-corrected chi connectivity index (χ4v) is 3.01. The predicted molar refractivity (Wildman–Crippen MR) is 101 cm³/mol. The largest absolute Gasteiger partial charge is 0.398 e. The molecule has 0 heterocycles. The number of Topliss-reactive ketones (excluding diaryl/α,β-unsaturated/α-hetero) is 1. The lowest BCUT2D eigenvalue weighted by molar-refractivity contribution is 0.0980. The van der Waals surface area contributed by atoms with Gasteiger partial charge in [-0.25, -0.2) is 0 Å². The van der Waals surface area contributed by atoms with Gasteiger partial charge in [-0.2, -0.15) is 0 Å².